The fourth-order valence-corrected chi connectivity index (χ4v) is 2.24. The van der Waals surface area contributed by atoms with E-state index in [0.717, 1.165) is 29.4 Å². The van der Waals surface area contributed by atoms with Crippen LogP contribution >= 0.6 is 0 Å². The largest absolute Gasteiger partial charge is 0.308 e. The molecule has 0 saturated heterocycles. The quantitative estimate of drug-likeness (QED) is 0.940. The average molecular weight is 286 g/mol. The topological polar surface area (TPSA) is 42.7 Å². The van der Waals surface area contributed by atoms with E-state index in [1.54, 1.807) is 0 Å². The van der Waals surface area contributed by atoms with Gasteiger partial charge in [0, 0.05) is 23.5 Å². The van der Waals surface area contributed by atoms with Crippen molar-refractivity contribution in [2.75, 3.05) is 0 Å². The summed E-state index contributed by atoms with van der Waals surface area (Å²) in [6, 6.07) is 4.24. The summed E-state index contributed by atoms with van der Waals surface area (Å²) in [4.78, 5) is 4.64. The monoisotopic (exact) mass is 286 g/mol. The molecular weight excluding hydrogens is 260 g/mol. The van der Waals surface area contributed by atoms with Gasteiger partial charge in [-0.05, 0) is 71.7 Å². The van der Waals surface area contributed by atoms with Gasteiger partial charge in [-0.15, -0.1) is 0 Å². The van der Waals surface area contributed by atoms with Gasteiger partial charge in [0.1, 0.15) is 0 Å². The molecule has 0 amide bonds. The van der Waals surface area contributed by atoms with Crippen LogP contribution in [0, 0.1) is 27.7 Å². The molecule has 0 aliphatic carbocycles. The minimum Gasteiger partial charge on any atom is -0.308 e. The van der Waals surface area contributed by atoms with Crippen LogP contribution in [0.15, 0.2) is 12.1 Å². The predicted molar refractivity (Wildman–Crippen MR) is 86.9 cm³/mol. The van der Waals surface area contributed by atoms with Crippen molar-refractivity contribution in [3.63, 3.8) is 0 Å². The number of hydrogen-bond acceptors (Lipinski definition) is 3. The van der Waals surface area contributed by atoms with Crippen LogP contribution in [0.3, 0.4) is 0 Å². The van der Waals surface area contributed by atoms with Gasteiger partial charge >= 0.3 is 0 Å². The molecule has 2 heterocycles. The Balaban J connectivity index is 2.37. The van der Waals surface area contributed by atoms with E-state index in [1.807, 2.05) is 18.5 Å². The van der Waals surface area contributed by atoms with Crippen LogP contribution in [-0.4, -0.2) is 20.3 Å². The average Bonchev–Trinajstić information content (AvgIpc) is 2.63. The van der Waals surface area contributed by atoms with E-state index >= 15 is 0 Å². The van der Waals surface area contributed by atoms with Crippen molar-refractivity contribution in [1.82, 2.24) is 20.1 Å². The van der Waals surface area contributed by atoms with Gasteiger partial charge in [0.2, 0.25) is 0 Å². The molecular formula is C17H26N4. The fourth-order valence-electron chi connectivity index (χ4n) is 2.24. The van der Waals surface area contributed by atoms with Crippen molar-refractivity contribution in [1.29, 1.82) is 0 Å². The molecule has 0 aromatic carbocycles. The molecule has 2 rings (SSSR count). The van der Waals surface area contributed by atoms with Crippen LogP contribution in [0.5, 0.6) is 0 Å². The zero-order valence-electron chi connectivity index (χ0n) is 14.2. The molecule has 0 aliphatic heterocycles. The molecule has 0 fully saturated rings. The predicted octanol–water partition coefficient (Wildman–Crippen LogP) is 3.39. The first kappa shape index (κ1) is 15.7. The summed E-state index contributed by atoms with van der Waals surface area (Å²) in [6.45, 7) is 15.6. The summed E-state index contributed by atoms with van der Waals surface area (Å²) < 4.78 is 1.94. The first-order valence-electron chi connectivity index (χ1n) is 7.43. The van der Waals surface area contributed by atoms with Crippen LogP contribution in [0.25, 0.3) is 5.82 Å². The molecule has 2 aromatic rings. The Bertz CT molecular complexity index is 648. The number of nitrogens with one attached hydrogen (secondary N) is 1. The molecule has 21 heavy (non-hydrogen) atoms. The summed E-state index contributed by atoms with van der Waals surface area (Å²) in [5.74, 6) is 0.898. The standard InChI is InChI=1S/C17H26N4/c1-11-8-15(10-18-17(5,6)7)9-16(19-11)21-14(4)12(2)13(3)20-21/h8-9,18H,10H2,1-7H3. The number of pyridine rings is 1. The highest BCUT2D eigenvalue weighted by Crippen LogP contribution is 2.17. The highest BCUT2D eigenvalue weighted by atomic mass is 15.3. The van der Waals surface area contributed by atoms with Crippen LogP contribution in [0.4, 0.5) is 0 Å². The second-order valence-corrected chi connectivity index (χ2v) is 6.79. The van der Waals surface area contributed by atoms with E-state index in [4.69, 9.17) is 0 Å². The van der Waals surface area contributed by atoms with Gasteiger partial charge in [0.05, 0.1) is 5.69 Å². The normalized spacial score (nSPS) is 12.0. The van der Waals surface area contributed by atoms with Gasteiger partial charge in [-0.1, -0.05) is 0 Å². The number of nitrogens with zero attached hydrogens (tertiary/aromatic N) is 3. The minimum atomic E-state index is 0.103. The van der Waals surface area contributed by atoms with E-state index in [1.165, 1.54) is 11.1 Å². The Morgan fingerprint density at radius 1 is 1.10 bits per heavy atom. The molecule has 0 unspecified atom stereocenters. The lowest BCUT2D eigenvalue weighted by Crippen LogP contribution is -2.35. The zero-order valence-corrected chi connectivity index (χ0v) is 14.2. The van der Waals surface area contributed by atoms with Gasteiger partial charge in [-0.25, -0.2) is 9.67 Å². The van der Waals surface area contributed by atoms with Crippen molar-refractivity contribution >= 4 is 0 Å². The molecule has 114 valence electrons. The molecule has 4 heteroatoms. The Morgan fingerprint density at radius 3 is 2.29 bits per heavy atom. The number of aromatic nitrogens is 3. The van der Waals surface area contributed by atoms with Gasteiger partial charge in [-0.2, -0.15) is 5.10 Å². The van der Waals surface area contributed by atoms with E-state index < -0.39 is 0 Å². The highest BCUT2D eigenvalue weighted by molar-refractivity contribution is 5.35. The molecule has 0 bridgehead atoms. The Morgan fingerprint density at radius 2 is 1.76 bits per heavy atom. The maximum absolute atomic E-state index is 4.64. The van der Waals surface area contributed by atoms with Crippen LogP contribution < -0.4 is 5.32 Å². The highest BCUT2D eigenvalue weighted by Gasteiger charge is 2.13. The Kier molecular flexibility index (Phi) is 4.19. The Labute approximate surface area is 127 Å². The molecule has 0 aliphatic rings. The summed E-state index contributed by atoms with van der Waals surface area (Å²) in [7, 11) is 0. The third kappa shape index (κ3) is 3.70. The summed E-state index contributed by atoms with van der Waals surface area (Å²) in [5.41, 5.74) is 5.80. The lowest BCUT2D eigenvalue weighted by molar-refractivity contribution is 0.424. The van der Waals surface area contributed by atoms with Gasteiger partial charge < -0.3 is 5.32 Å². The van der Waals surface area contributed by atoms with E-state index in [-0.39, 0.29) is 5.54 Å². The lowest BCUT2D eigenvalue weighted by atomic mass is 10.1. The molecule has 4 nitrogen and oxygen atoms in total. The van der Waals surface area contributed by atoms with E-state index in [0.29, 0.717) is 0 Å². The first-order valence-corrected chi connectivity index (χ1v) is 7.43. The fraction of sp³-hybridized carbons (Fsp3) is 0.529. The number of aryl methyl sites for hydroxylation is 2. The van der Waals surface area contributed by atoms with Crippen LogP contribution in [0.1, 0.15) is 49.0 Å². The minimum absolute atomic E-state index is 0.103. The molecule has 0 spiro atoms. The molecule has 1 N–H and O–H groups in total. The van der Waals surface area contributed by atoms with E-state index in [9.17, 15) is 0 Å². The summed E-state index contributed by atoms with van der Waals surface area (Å²) in [6.07, 6.45) is 0. The van der Waals surface area contributed by atoms with Crippen molar-refractivity contribution in [3.05, 3.63) is 40.3 Å². The summed E-state index contributed by atoms with van der Waals surface area (Å²) >= 11 is 0. The maximum Gasteiger partial charge on any atom is 0.154 e. The van der Waals surface area contributed by atoms with Crippen molar-refractivity contribution in [3.8, 4) is 5.82 Å². The number of rotatable bonds is 3. The summed E-state index contributed by atoms with van der Waals surface area (Å²) in [5, 5.41) is 8.12. The zero-order chi connectivity index (χ0) is 15.8. The van der Waals surface area contributed by atoms with Gasteiger partial charge in [-0.3, -0.25) is 0 Å². The maximum atomic E-state index is 4.64. The SMILES string of the molecule is Cc1cc(CNC(C)(C)C)cc(-n2nc(C)c(C)c2C)n1. The van der Waals surface area contributed by atoms with Crippen molar-refractivity contribution < 1.29 is 0 Å². The molecule has 2 aromatic heterocycles. The van der Waals surface area contributed by atoms with Crippen molar-refractivity contribution in [2.45, 2.75) is 60.5 Å². The van der Waals surface area contributed by atoms with Gasteiger partial charge in [0.25, 0.3) is 0 Å². The smallest absolute Gasteiger partial charge is 0.154 e. The lowest BCUT2D eigenvalue weighted by Gasteiger charge is -2.21. The number of hydrogen-bond donors (Lipinski definition) is 1. The molecule has 0 radical (unpaired) electrons. The third-order valence-corrected chi connectivity index (χ3v) is 3.69. The second-order valence-electron chi connectivity index (χ2n) is 6.79. The van der Waals surface area contributed by atoms with Crippen molar-refractivity contribution in [2.24, 2.45) is 0 Å². The Hall–Kier alpha value is -1.68. The first-order chi connectivity index (χ1) is 9.67. The second kappa shape index (κ2) is 5.60. The van der Waals surface area contributed by atoms with E-state index in [2.05, 4.69) is 62.2 Å². The molecule has 0 saturated carbocycles. The molecule has 0 atom stereocenters. The van der Waals surface area contributed by atoms with Crippen LogP contribution in [-0.2, 0) is 6.54 Å². The van der Waals surface area contributed by atoms with Crippen LogP contribution in [0.2, 0.25) is 0 Å². The third-order valence-electron chi connectivity index (χ3n) is 3.69. The van der Waals surface area contributed by atoms with Gasteiger partial charge in [0.15, 0.2) is 5.82 Å².